The molecule has 17 heavy (non-hydrogen) atoms. The first-order valence-corrected chi connectivity index (χ1v) is 6.56. The van der Waals surface area contributed by atoms with Crippen LogP contribution in [0, 0.1) is 0 Å². The highest BCUT2D eigenvalue weighted by atomic mass is 79.9. The van der Waals surface area contributed by atoms with Gasteiger partial charge in [0.2, 0.25) is 0 Å². The van der Waals surface area contributed by atoms with Crippen molar-refractivity contribution in [1.82, 2.24) is 4.98 Å². The second kappa shape index (κ2) is 5.51. The highest BCUT2D eigenvalue weighted by Crippen LogP contribution is 2.24. The zero-order valence-electron chi connectivity index (χ0n) is 8.82. The summed E-state index contributed by atoms with van der Waals surface area (Å²) < 4.78 is 1.51. The number of aromatic hydroxyl groups is 1. The Hall–Kier alpha value is -1.07. The predicted octanol–water partition coefficient (Wildman–Crippen LogP) is 3.92. The van der Waals surface area contributed by atoms with Crippen LogP contribution in [-0.4, -0.2) is 10.1 Å². The average Bonchev–Trinajstić information content (AvgIpc) is 2.33. The summed E-state index contributed by atoms with van der Waals surface area (Å²) in [7, 11) is 0. The Morgan fingerprint density at radius 1 is 1.18 bits per heavy atom. The number of anilines is 1. The number of nitrogens with zero attached hydrogens (tertiary/aromatic N) is 1. The zero-order valence-corrected chi connectivity index (χ0v) is 12.0. The molecule has 2 aromatic rings. The fourth-order valence-corrected chi connectivity index (χ4v) is 2.01. The topological polar surface area (TPSA) is 45.1 Å². The molecule has 0 aliphatic carbocycles. The number of hydrogen-bond acceptors (Lipinski definition) is 3. The van der Waals surface area contributed by atoms with Gasteiger partial charge in [0.05, 0.1) is 16.4 Å². The smallest absolute Gasteiger partial charge is 0.129 e. The Morgan fingerprint density at radius 3 is 2.65 bits per heavy atom. The van der Waals surface area contributed by atoms with E-state index in [1.165, 1.54) is 0 Å². The van der Waals surface area contributed by atoms with Gasteiger partial charge < -0.3 is 10.4 Å². The van der Waals surface area contributed by atoms with E-state index < -0.39 is 0 Å². The molecule has 1 aromatic heterocycles. The average molecular weight is 358 g/mol. The van der Waals surface area contributed by atoms with Crippen molar-refractivity contribution in [3.63, 3.8) is 0 Å². The molecule has 0 bridgehead atoms. The van der Waals surface area contributed by atoms with Crippen LogP contribution >= 0.6 is 31.9 Å². The summed E-state index contributed by atoms with van der Waals surface area (Å²) in [6, 6.07) is 9.26. The normalized spacial score (nSPS) is 10.2. The number of aromatic nitrogens is 1. The zero-order chi connectivity index (χ0) is 12.3. The van der Waals surface area contributed by atoms with Crippen LogP contribution in [0.15, 0.2) is 45.6 Å². The molecule has 0 fully saturated rings. The van der Waals surface area contributed by atoms with E-state index in [1.807, 2.05) is 24.3 Å². The third kappa shape index (κ3) is 3.44. The second-order valence-electron chi connectivity index (χ2n) is 3.51. The molecule has 0 unspecified atom stereocenters. The van der Waals surface area contributed by atoms with E-state index >= 15 is 0 Å². The number of hydrogen-bond donors (Lipinski definition) is 2. The highest BCUT2D eigenvalue weighted by molar-refractivity contribution is 9.10. The number of benzene rings is 1. The molecule has 1 heterocycles. The minimum absolute atomic E-state index is 0.249. The van der Waals surface area contributed by atoms with Crippen molar-refractivity contribution < 1.29 is 5.11 Å². The van der Waals surface area contributed by atoms with Crippen molar-refractivity contribution in [2.24, 2.45) is 0 Å². The molecule has 0 aliphatic heterocycles. The molecule has 5 heteroatoms. The number of phenolic OH excluding ortho intramolecular Hbond substituents is 1. The van der Waals surface area contributed by atoms with E-state index in [-0.39, 0.29) is 5.75 Å². The third-order valence-electron chi connectivity index (χ3n) is 2.24. The summed E-state index contributed by atoms with van der Waals surface area (Å²) in [5.74, 6) is 0.249. The lowest BCUT2D eigenvalue weighted by Crippen LogP contribution is -1.99. The molecule has 1 aromatic carbocycles. The van der Waals surface area contributed by atoms with Crippen LogP contribution in [0.1, 0.15) is 5.56 Å². The van der Waals surface area contributed by atoms with Crippen LogP contribution in [0.5, 0.6) is 5.75 Å². The van der Waals surface area contributed by atoms with Gasteiger partial charge >= 0.3 is 0 Å². The maximum Gasteiger partial charge on any atom is 0.129 e. The van der Waals surface area contributed by atoms with E-state index in [9.17, 15) is 5.11 Å². The van der Waals surface area contributed by atoms with Gasteiger partial charge in [-0.2, -0.15) is 0 Å². The fourth-order valence-electron chi connectivity index (χ4n) is 1.34. The Balaban J connectivity index is 2.02. The first-order chi connectivity index (χ1) is 8.15. The summed E-state index contributed by atoms with van der Waals surface area (Å²) in [6.07, 6.45) is 1.76. The van der Waals surface area contributed by atoms with Crippen molar-refractivity contribution >= 4 is 37.5 Å². The van der Waals surface area contributed by atoms with Crippen molar-refractivity contribution in [2.75, 3.05) is 5.32 Å². The standard InChI is InChI=1S/C12H10Br2N2O/c13-10-5-8(1-3-11(10)17)6-15-9-2-4-12(14)16-7-9/h1-5,7,15,17H,6H2. The maximum atomic E-state index is 9.38. The van der Waals surface area contributed by atoms with Crippen molar-refractivity contribution in [1.29, 1.82) is 0 Å². The molecule has 0 amide bonds. The predicted molar refractivity (Wildman–Crippen MR) is 75.1 cm³/mol. The van der Waals surface area contributed by atoms with Crippen molar-refractivity contribution in [3.05, 3.63) is 51.2 Å². The molecule has 0 atom stereocenters. The Morgan fingerprint density at radius 2 is 2.00 bits per heavy atom. The minimum Gasteiger partial charge on any atom is -0.507 e. The first kappa shape index (κ1) is 12.4. The summed E-state index contributed by atoms with van der Waals surface area (Å²) >= 11 is 6.57. The van der Waals surface area contributed by atoms with Crippen LogP contribution in [0.25, 0.3) is 0 Å². The SMILES string of the molecule is Oc1ccc(CNc2ccc(Br)nc2)cc1Br. The molecule has 2 rings (SSSR count). The maximum absolute atomic E-state index is 9.38. The van der Waals surface area contributed by atoms with Gasteiger partial charge in [-0.1, -0.05) is 6.07 Å². The van der Waals surface area contributed by atoms with Gasteiger partial charge in [0.15, 0.2) is 0 Å². The molecule has 0 saturated heterocycles. The van der Waals surface area contributed by atoms with Crippen LogP contribution in [0.3, 0.4) is 0 Å². The lowest BCUT2D eigenvalue weighted by atomic mass is 10.2. The Labute approximate surface area is 116 Å². The highest BCUT2D eigenvalue weighted by Gasteiger charge is 2.00. The Kier molecular flexibility index (Phi) is 4.02. The van der Waals surface area contributed by atoms with Crippen LogP contribution in [-0.2, 0) is 6.54 Å². The van der Waals surface area contributed by atoms with Gasteiger partial charge in [0, 0.05) is 6.54 Å². The van der Waals surface area contributed by atoms with Crippen LogP contribution in [0.2, 0.25) is 0 Å². The first-order valence-electron chi connectivity index (χ1n) is 4.98. The molecule has 3 nitrogen and oxygen atoms in total. The van der Waals surface area contributed by atoms with E-state index in [2.05, 4.69) is 42.2 Å². The van der Waals surface area contributed by atoms with Gasteiger partial charge in [0.1, 0.15) is 10.4 Å². The second-order valence-corrected chi connectivity index (χ2v) is 5.18. The third-order valence-corrected chi connectivity index (χ3v) is 3.34. The van der Waals surface area contributed by atoms with Crippen molar-refractivity contribution in [3.8, 4) is 5.75 Å². The molecule has 2 N–H and O–H groups in total. The molecule has 0 aliphatic rings. The number of nitrogens with one attached hydrogen (secondary N) is 1. The van der Waals surface area contributed by atoms with Crippen molar-refractivity contribution in [2.45, 2.75) is 6.54 Å². The van der Waals surface area contributed by atoms with E-state index in [4.69, 9.17) is 0 Å². The summed E-state index contributed by atoms with van der Waals surface area (Å²) in [6.45, 7) is 0.683. The van der Waals surface area contributed by atoms with Gasteiger partial charge in [0.25, 0.3) is 0 Å². The summed E-state index contributed by atoms with van der Waals surface area (Å²) in [5, 5.41) is 12.6. The Bertz CT molecular complexity index is 514. The molecule has 88 valence electrons. The largest absolute Gasteiger partial charge is 0.507 e. The minimum atomic E-state index is 0.249. The van der Waals surface area contributed by atoms with Crippen LogP contribution in [0.4, 0.5) is 5.69 Å². The quantitative estimate of drug-likeness (QED) is 0.818. The van der Waals surface area contributed by atoms with E-state index in [1.54, 1.807) is 12.3 Å². The van der Waals surface area contributed by atoms with Gasteiger partial charge in [-0.05, 0) is 61.7 Å². The number of phenols is 1. The van der Waals surface area contributed by atoms with E-state index in [0.29, 0.717) is 11.0 Å². The van der Waals surface area contributed by atoms with Gasteiger partial charge in [-0.15, -0.1) is 0 Å². The monoisotopic (exact) mass is 356 g/mol. The fraction of sp³-hybridized carbons (Fsp3) is 0.0833. The van der Waals surface area contributed by atoms with Crippen LogP contribution < -0.4 is 5.32 Å². The number of rotatable bonds is 3. The molecular formula is C12H10Br2N2O. The van der Waals surface area contributed by atoms with E-state index in [0.717, 1.165) is 15.9 Å². The molecule has 0 saturated carbocycles. The molecule has 0 radical (unpaired) electrons. The molecule has 0 spiro atoms. The molecular weight excluding hydrogens is 348 g/mol. The summed E-state index contributed by atoms with van der Waals surface area (Å²) in [4.78, 5) is 4.13. The lowest BCUT2D eigenvalue weighted by Gasteiger charge is -2.07. The van der Waals surface area contributed by atoms with Gasteiger partial charge in [-0.3, -0.25) is 0 Å². The number of pyridine rings is 1. The lowest BCUT2D eigenvalue weighted by molar-refractivity contribution is 0.471. The van der Waals surface area contributed by atoms with Gasteiger partial charge in [-0.25, -0.2) is 4.98 Å². The number of halogens is 2. The summed E-state index contributed by atoms with van der Waals surface area (Å²) in [5.41, 5.74) is 2.04.